The smallest absolute Gasteiger partial charge is 0.135 e. The first kappa shape index (κ1) is 10.1. The minimum absolute atomic E-state index is 0.291. The van der Waals surface area contributed by atoms with Gasteiger partial charge in [-0.3, -0.25) is 0 Å². The zero-order chi connectivity index (χ0) is 8.74. The van der Waals surface area contributed by atoms with Crippen LogP contribution >= 0.6 is 0 Å². The normalized spacial score (nSPS) is 10.5. The molecule has 0 aromatic rings. The Kier molecular flexibility index (Phi) is 4.44. The molecule has 0 amide bonds. The van der Waals surface area contributed by atoms with Gasteiger partial charge in [0.05, 0.1) is 6.54 Å². The Morgan fingerprint density at radius 3 is 2.82 bits per heavy atom. The number of hydrogen-bond acceptors (Lipinski definition) is 5. The minimum Gasteiger partial charge on any atom is -0.387 e. The van der Waals surface area contributed by atoms with Gasteiger partial charge in [0.1, 0.15) is 13.7 Å². The number of nitrogens with two attached hydrogens (primary N) is 2. The van der Waals surface area contributed by atoms with Gasteiger partial charge < -0.3 is 4.84 Å². The van der Waals surface area contributed by atoms with Crippen LogP contribution in [0.1, 0.15) is 0 Å². The summed E-state index contributed by atoms with van der Waals surface area (Å²) in [5.41, 5.74) is 2.74. The van der Waals surface area contributed by atoms with E-state index < -0.39 is 0 Å². The average Bonchev–Trinajstić information content (AvgIpc) is 1.85. The van der Waals surface area contributed by atoms with E-state index in [1.807, 2.05) is 0 Å². The second-order valence-electron chi connectivity index (χ2n) is 2.14. The van der Waals surface area contributed by atoms with E-state index in [-0.39, 0.29) is 4.81 Å². The van der Waals surface area contributed by atoms with Gasteiger partial charge in [-0.1, -0.05) is 0 Å². The summed E-state index contributed by atoms with van der Waals surface area (Å²) in [6.07, 6.45) is 0. The van der Waals surface area contributed by atoms with Crippen LogP contribution in [0.2, 0.25) is 0 Å². The van der Waals surface area contributed by atoms with E-state index >= 15 is 0 Å². The van der Waals surface area contributed by atoms with Crippen molar-refractivity contribution in [2.75, 3.05) is 20.2 Å². The molecule has 5 N–H and O–H groups in total. The maximum absolute atomic E-state index is 5.34. The molecule has 0 aromatic heterocycles. The van der Waals surface area contributed by atoms with Crippen LogP contribution in [-0.4, -0.2) is 30.9 Å². The fourth-order valence-corrected chi connectivity index (χ4v) is 0.423. The fraction of sp³-hybridized carbons (Fsp3) is 0.600. The number of hydrogen-bond donors (Lipinski definition) is 3. The molecule has 0 unspecified atom stereocenters. The Bertz CT molecular complexity index is 145. The maximum atomic E-state index is 5.34. The van der Waals surface area contributed by atoms with Crippen LogP contribution in [0.25, 0.3) is 0 Å². The molecule has 0 heterocycles. The third-order valence-corrected chi connectivity index (χ3v) is 0.775. The first-order chi connectivity index (χ1) is 5.06. The summed E-state index contributed by atoms with van der Waals surface area (Å²) in [6.45, 7) is 4.11. The SMILES string of the molecule is C=C=NOCCN[N+](C)(N)N. The van der Waals surface area contributed by atoms with Crippen LogP contribution in [0.15, 0.2) is 11.7 Å². The molecule has 0 atom stereocenters. The van der Waals surface area contributed by atoms with Crippen molar-refractivity contribution in [3.05, 3.63) is 6.58 Å². The lowest BCUT2D eigenvalue weighted by atomic mass is 10.7. The molecule has 0 bridgehead atoms. The summed E-state index contributed by atoms with van der Waals surface area (Å²) in [6, 6.07) is 0. The van der Waals surface area contributed by atoms with Gasteiger partial charge in [-0.15, -0.1) is 21.9 Å². The Hall–Kier alpha value is -0.910. The van der Waals surface area contributed by atoms with Crippen molar-refractivity contribution in [1.29, 1.82) is 0 Å². The van der Waals surface area contributed by atoms with Crippen LogP contribution in [0.4, 0.5) is 0 Å². The minimum atomic E-state index is -0.291. The van der Waals surface area contributed by atoms with E-state index in [1.165, 1.54) is 0 Å². The molecule has 6 nitrogen and oxygen atoms in total. The molecule has 0 aliphatic rings. The van der Waals surface area contributed by atoms with E-state index in [9.17, 15) is 0 Å². The number of rotatable bonds is 5. The molecular weight excluding hydrogens is 146 g/mol. The molecule has 0 rings (SSSR count). The summed E-state index contributed by atoms with van der Waals surface area (Å²) < 4.78 is 0. The maximum Gasteiger partial charge on any atom is 0.135 e. The largest absolute Gasteiger partial charge is 0.387 e. The van der Waals surface area contributed by atoms with Gasteiger partial charge in [0, 0.05) is 5.87 Å². The van der Waals surface area contributed by atoms with Crippen LogP contribution in [-0.2, 0) is 4.84 Å². The third-order valence-electron chi connectivity index (χ3n) is 0.775. The quantitative estimate of drug-likeness (QED) is 0.150. The predicted molar refractivity (Wildman–Crippen MR) is 41.6 cm³/mol. The molecule has 6 heteroatoms. The second-order valence-corrected chi connectivity index (χ2v) is 2.14. The van der Waals surface area contributed by atoms with E-state index in [0.29, 0.717) is 13.2 Å². The Morgan fingerprint density at radius 2 is 2.36 bits per heavy atom. The summed E-state index contributed by atoms with van der Waals surface area (Å²) in [4.78, 5) is 4.36. The Morgan fingerprint density at radius 1 is 1.73 bits per heavy atom. The fourth-order valence-electron chi connectivity index (χ4n) is 0.423. The molecule has 0 fully saturated rings. The van der Waals surface area contributed by atoms with E-state index in [1.54, 1.807) is 7.05 Å². The zero-order valence-electron chi connectivity index (χ0n) is 6.58. The van der Waals surface area contributed by atoms with Crippen molar-refractivity contribution < 1.29 is 9.65 Å². The topological polar surface area (TPSA) is 85.7 Å². The van der Waals surface area contributed by atoms with Gasteiger partial charge in [0.15, 0.2) is 0 Å². The molecule has 0 aliphatic carbocycles. The summed E-state index contributed by atoms with van der Waals surface area (Å²) in [5, 5.41) is 3.30. The van der Waals surface area contributed by atoms with Gasteiger partial charge in [-0.05, 0) is 11.7 Å². The van der Waals surface area contributed by atoms with Crippen molar-refractivity contribution in [3.63, 3.8) is 0 Å². The molecule has 0 aliphatic heterocycles. The average molecular weight is 160 g/mol. The standard InChI is InChI=1S/C5H14N5O/c1-3-9-11-5-4-8-10(2,6)7/h8H,1,4-7H2,2H3/q+1. The highest BCUT2D eigenvalue weighted by atomic mass is 16.6. The summed E-state index contributed by atoms with van der Waals surface area (Å²) >= 11 is 0. The Labute approximate surface area is 65.6 Å². The highest BCUT2D eigenvalue weighted by molar-refractivity contribution is 5.45. The lowest BCUT2D eigenvalue weighted by Crippen LogP contribution is -2.66. The highest BCUT2D eigenvalue weighted by Crippen LogP contribution is 1.73. The number of quaternary nitrogens is 1. The molecule has 0 spiro atoms. The number of nitrogens with one attached hydrogen (secondary N) is 1. The van der Waals surface area contributed by atoms with Crippen molar-refractivity contribution in [2.24, 2.45) is 16.8 Å². The molecule has 0 aromatic carbocycles. The summed E-state index contributed by atoms with van der Waals surface area (Å²) in [7, 11) is 1.59. The molecule has 11 heavy (non-hydrogen) atoms. The molecule has 64 valence electrons. The van der Waals surface area contributed by atoms with Crippen molar-refractivity contribution in [2.45, 2.75) is 0 Å². The van der Waals surface area contributed by atoms with Crippen LogP contribution in [0.5, 0.6) is 0 Å². The van der Waals surface area contributed by atoms with Gasteiger partial charge >= 0.3 is 0 Å². The Balaban J connectivity index is 3.21. The molecular formula is C5H14N5O+. The molecule has 0 saturated carbocycles. The third kappa shape index (κ3) is 9.09. The first-order valence-corrected chi connectivity index (χ1v) is 3.09. The van der Waals surface area contributed by atoms with E-state index in [2.05, 4.69) is 27.9 Å². The lowest BCUT2D eigenvalue weighted by Gasteiger charge is -2.19. The highest BCUT2D eigenvalue weighted by Gasteiger charge is 2.06. The van der Waals surface area contributed by atoms with Crippen LogP contribution in [0, 0.1) is 0 Å². The number of nitrogens with zero attached hydrogens (tertiary/aromatic N) is 2. The van der Waals surface area contributed by atoms with E-state index in [4.69, 9.17) is 11.7 Å². The monoisotopic (exact) mass is 160 g/mol. The first-order valence-electron chi connectivity index (χ1n) is 3.09. The molecule has 0 saturated heterocycles. The van der Waals surface area contributed by atoms with Crippen LogP contribution < -0.4 is 17.1 Å². The molecule has 0 radical (unpaired) electrons. The second kappa shape index (κ2) is 4.84. The van der Waals surface area contributed by atoms with E-state index in [0.717, 1.165) is 0 Å². The van der Waals surface area contributed by atoms with Crippen molar-refractivity contribution >= 4 is 5.87 Å². The zero-order valence-corrected chi connectivity index (χ0v) is 6.58. The van der Waals surface area contributed by atoms with Gasteiger partial charge in [0.25, 0.3) is 0 Å². The van der Waals surface area contributed by atoms with Gasteiger partial charge in [0.2, 0.25) is 0 Å². The predicted octanol–water partition coefficient (Wildman–Crippen LogP) is -1.53. The van der Waals surface area contributed by atoms with Crippen LogP contribution in [0.3, 0.4) is 0 Å². The van der Waals surface area contributed by atoms with Gasteiger partial charge in [-0.25, -0.2) is 0 Å². The van der Waals surface area contributed by atoms with Gasteiger partial charge in [-0.2, -0.15) is 0 Å². The lowest BCUT2D eigenvalue weighted by molar-refractivity contribution is -0.975. The summed E-state index contributed by atoms with van der Waals surface area (Å²) in [5.74, 6) is 12.9. The van der Waals surface area contributed by atoms with Crippen molar-refractivity contribution in [1.82, 2.24) is 5.43 Å². The van der Waals surface area contributed by atoms with Crippen molar-refractivity contribution in [3.8, 4) is 0 Å².